The third kappa shape index (κ3) is 3.62. The number of nitrogens with one attached hydrogen (secondary N) is 2. The van der Waals surface area contributed by atoms with Crippen LogP contribution in [-0.2, 0) is 0 Å². The van der Waals surface area contributed by atoms with Crippen LogP contribution >= 0.6 is 11.6 Å². The summed E-state index contributed by atoms with van der Waals surface area (Å²) in [6, 6.07) is 7.91. The minimum atomic E-state index is 0.426. The number of benzene rings is 1. The Bertz CT molecular complexity index is 352. The molecular weight excluding hydrogens is 196 g/mol. The fourth-order valence-electron chi connectivity index (χ4n) is 1.00. The Balaban J connectivity index is 2.69. The van der Waals surface area contributed by atoms with E-state index in [1.807, 2.05) is 31.2 Å². The van der Waals surface area contributed by atoms with Gasteiger partial charge in [-0.1, -0.05) is 29.3 Å². The van der Waals surface area contributed by atoms with E-state index in [9.17, 15) is 0 Å². The van der Waals surface area contributed by atoms with Gasteiger partial charge in [0.25, 0.3) is 0 Å². The molecule has 14 heavy (non-hydrogen) atoms. The monoisotopic (exact) mass is 208 g/mol. The van der Waals surface area contributed by atoms with Crippen LogP contribution in [0.5, 0.6) is 0 Å². The zero-order valence-corrected chi connectivity index (χ0v) is 9.02. The summed E-state index contributed by atoms with van der Waals surface area (Å²) in [6.07, 6.45) is 1.57. The number of anilines is 1. The van der Waals surface area contributed by atoms with E-state index in [0.717, 1.165) is 5.69 Å². The number of allylic oxidation sites excluding steroid dienone is 1. The van der Waals surface area contributed by atoms with Gasteiger partial charge in [-0.25, -0.2) is 0 Å². The summed E-state index contributed by atoms with van der Waals surface area (Å²) >= 11 is 5.86. The lowest BCUT2D eigenvalue weighted by atomic mass is 10.2. The maximum absolute atomic E-state index is 7.22. The van der Waals surface area contributed by atoms with Crippen molar-refractivity contribution in [3.8, 4) is 0 Å². The first kappa shape index (κ1) is 10.8. The number of hydrogen-bond donors (Lipinski definition) is 2. The van der Waals surface area contributed by atoms with E-state index >= 15 is 0 Å². The van der Waals surface area contributed by atoms with E-state index in [0.29, 0.717) is 10.9 Å². The topological polar surface area (TPSA) is 35.9 Å². The van der Waals surface area contributed by atoms with E-state index in [-0.39, 0.29) is 0 Å². The molecule has 2 N–H and O–H groups in total. The number of rotatable bonds is 3. The Morgan fingerprint density at radius 3 is 2.43 bits per heavy atom. The molecule has 0 aliphatic heterocycles. The molecule has 0 unspecified atom stereocenters. The van der Waals surface area contributed by atoms with Crippen LogP contribution in [0.15, 0.2) is 35.5 Å². The fraction of sp³-hybridized carbons (Fsp3) is 0.182. The summed E-state index contributed by atoms with van der Waals surface area (Å²) in [5.74, 6) is 0. The van der Waals surface area contributed by atoms with E-state index < -0.39 is 0 Å². The van der Waals surface area contributed by atoms with E-state index in [1.54, 1.807) is 13.0 Å². The molecule has 1 rings (SSSR count). The van der Waals surface area contributed by atoms with Gasteiger partial charge in [0.1, 0.15) is 5.16 Å². The molecule has 0 atom stereocenters. The van der Waals surface area contributed by atoms with Crippen LogP contribution in [0.2, 0.25) is 0 Å². The van der Waals surface area contributed by atoms with Gasteiger partial charge in [-0.05, 0) is 32.1 Å². The van der Waals surface area contributed by atoms with Gasteiger partial charge >= 0.3 is 0 Å². The van der Waals surface area contributed by atoms with Crippen molar-refractivity contribution in [3.63, 3.8) is 0 Å². The smallest absolute Gasteiger partial charge is 0.108 e. The Morgan fingerprint density at radius 2 is 1.93 bits per heavy atom. The van der Waals surface area contributed by atoms with Gasteiger partial charge < -0.3 is 10.7 Å². The lowest BCUT2D eigenvalue weighted by Crippen LogP contribution is -1.95. The summed E-state index contributed by atoms with van der Waals surface area (Å²) in [4.78, 5) is 0. The molecule has 0 heterocycles. The van der Waals surface area contributed by atoms with Crippen LogP contribution in [0.3, 0.4) is 0 Å². The molecule has 0 saturated heterocycles. The van der Waals surface area contributed by atoms with Crippen molar-refractivity contribution in [1.82, 2.24) is 0 Å². The van der Waals surface area contributed by atoms with Gasteiger partial charge in [-0.2, -0.15) is 0 Å². The molecule has 74 valence electrons. The standard InChI is InChI=1S/C11H13ClN2/c1-8-3-5-10(6-4-8)14-11(12)7-9(2)13/h3-7,13-14H,1-2H3/b11-7-,13-9?. The molecule has 0 amide bonds. The first-order valence-electron chi connectivity index (χ1n) is 4.34. The molecule has 0 bridgehead atoms. The first-order valence-corrected chi connectivity index (χ1v) is 4.72. The molecule has 0 radical (unpaired) electrons. The Hall–Kier alpha value is -1.28. The zero-order chi connectivity index (χ0) is 10.6. The Labute approximate surface area is 89.1 Å². The van der Waals surface area contributed by atoms with Crippen LogP contribution in [0.4, 0.5) is 5.69 Å². The van der Waals surface area contributed by atoms with Gasteiger partial charge in [-0.3, -0.25) is 0 Å². The van der Waals surface area contributed by atoms with Crippen LogP contribution in [0.1, 0.15) is 12.5 Å². The predicted molar refractivity (Wildman–Crippen MR) is 62.1 cm³/mol. The molecule has 0 fully saturated rings. The van der Waals surface area contributed by atoms with Gasteiger partial charge in [0, 0.05) is 11.4 Å². The third-order valence-corrected chi connectivity index (χ3v) is 1.86. The minimum absolute atomic E-state index is 0.426. The lowest BCUT2D eigenvalue weighted by Gasteiger charge is -2.04. The van der Waals surface area contributed by atoms with Crippen LogP contribution < -0.4 is 5.32 Å². The lowest BCUT2D eigenvalue weighted by molar-refractivity contribution is 1.44. The summed E-state index contributed by atoms with van der Waals surface area (Å²) in [7, 11) is 0. The maximum atomic E-state index is 7.22. The summed E-state index contributed by atoms with van der Waals surface area (Å²) < 4.78 is 0. The van der Waals surface area contributed by atoms with Crippen molar-refractivity contribution < 1.29 is 0 Å². The van der Waals surface area contributed by atoms with E-state index in [4.69, 9.17) is 17.0 Å². The molecule has 0 aliphatic rings. The SMILES string of the molecule is CC(=N)/C=C(/Cl)Nc1ccc(C)cc1. The van der Waals surface area contributed by atoms with Crippen LogP contribution in [0, 0.1) is 12.3 Å². The quantitative estimate of drug-likeness (QED) is 0.579. The van der Waals surface area contributed by atoms with E-state index in [1.165, 1.54) is 5.56 Å². The van der Waals surface area contributed by atoms with Crippen molar-refractivity contribution in [2.45, 2.75) is 13.8 Å². The molecule has 0 spiro atoms. The molecule has 0 aromatic heterocycles. The second kappa shape index (κ2) is 4.82. The Kier molecular flexibility index (Phi) is 3.72. The van der Waals surface area contributed by atoms with Crippen molar-refractivity contribution in [2.75, 3.05) is 5.32 Å². The first-order chi connectivity index (χ1) is 6.58. The summed E-state index contributed by atoms with van der Waals surface area (Å²) in [6.45, 7) is 3.71. The predicted octanol–water partition coefficient (Wildman–Crippen LogP) is 3.53. The van der Waals surface area contributed by atoms with Crippen molar-refractivity contribution in [3.05, 3.63) is 41.1 Å². The summed E-state index contributed by atoms with van der Waals surface area (Å²) in [5, 5.41) is 10.7. The van der Waals surface area contributed by atoms with E-state index in [2.05, 4.69) is 5.32 Å². The highest BCUT2D eigenvalue weighted by atomic mass is 35.5. The molecular formula is C11H13ClN2. The van der Waals surface area contributed by atoms with Crippen molar-refractivity contribution in [1.29, 1.82) is 5.41 Å². The van der Waals surface area contributed by atoms with Gasteiger partial charge in [0.05, 0.1) is 0 Å². The maximum Gasteiger partial charge on any atom is 0.108 e. The normalized spacial score (nSPS) is 11.2. The molecule has 0 aliphatic carbocycles. The molecule has 3 heteroatoms. The fourth-order valence-corrected chi connectivity index (χ4v) is 1.27. The van der Waals surface area contributed by atoms with Crippen molar-refractivity contribution >= 4 is 23.0 Å². The van der Waals surface area contributed by atoms with Crippen molar-refractivity contribution in [2.24, 2.45) is 0 Å². The molecule has 1 aromatic rings. The average molecular weight is 209 g/mol. The number of aryl methyl sites for hydroxylation is 1. The van der Waals surface area contributed by atoms with Crippen LogP contribution in [-0.4, -0.2) is 5.71 Å². The minimum Gasteiger partial charge on any atom is -0.346 e. The highest BCUT2D eigenvalue weighted by Gasteiger charge is 1.94. The second-order valence-electron chi connectivity index (χ2n) is 3.17. The molecule has 2 nitrogen and oxygen atoms in total. The highest BCUT2D eigenvalue weighted by Crippen LogP contribution is 2.13. The van der Waals surface area contributed by atoms with Crippen LogP contribution in [0.25, 0.3) is 0 Å². The summed E-state index contributed by atoms with van der Waals surface area (Å²) in [5.41, 5.74) is 2.56. The zero-order valence-electron chi connectivity index (χ0n) is 8.26. The third-order valence-electron chi connectivity index (χ3n) is 1.66. The van der Waals surface area contributed by atoms with Gasteiger partial charge in [-0.15, -0.1) is 0 Å². The highest BCUT2D eigenvalue weighted by molar-refractivity contribution is 6.32. The van der Waals surface area contributed by atoms with Gasteiger partial charge in [0.15, 0.2) is 0 Å². The number of hydrogen-bond acceptors (Lipinski definition) is 2. The second-order valence-corrected chi connectivity index (χ2v) is 3.57. The van der Waals surface area contributed by atoms with Gasteiger partial charge in [0.2, 0.25) is 0 Å². The average Bonchev–Trinajstić information content (AvgIpc) is 2.07. The largest absolute Gasteiger partial charge is 0.346 e. The Morgan fingerprint density at radius 1 is 1.36 bits per heavy atom. The number of halogens is 1. The molecule has 1 aromatic carbocycles. The molecule has 0 saturated carbocycles.